The number of aromatic nitrogens is 3. The van der Waals surface area contributed by atoms with Gasteiger partial charge in [0.15, 0.2) is 0 Å². The number of nitrogens with zero attached hydrogens (tertiary/aromatic N) is 3. The van der Waals surface area contributed by atoms with Gasteiger partial charge in [-0.25, -0.2) is 4.98 Å². The van der Waals surface area contributed by atoms with Crippen LogP contribution in [-0.2, 0) is 6.54 Å². The second-order valence-corrected chi connectivity index (χ2v) is 6.31. The first-order valence-corrected chi connectivity index (χ1v) is 8.46. The van der Waals surface area contributed by atoms with E-state index in [-0.39, 0.29) is 5.92 Å². The number of halogens is 2. The van der Waals surface area contributed by atoms with Crippen LogP contribution in [0.25, 0.3) is 0 Å². The van der Waals surface area contributed by atoms with Gasteiger partial charge in [-0.3, -0.25) is 4.68 Å². The standard InChI is InChI=1S/C18H17Cl2N3O/c1-2-13(10-23-12-21-11-22-23)17-8-7-16(9-18(17)20)24-15-5-3-14(19)4-6-15/h3-9,11-13H,2,10H2,1H3. The maximum atomic E-state index is 6.49. The molecule has 0 aliphatic heterocycles. The van der Waals surface area contributed by atoms with Gasteiger partial charge in [0.25, 0.3) is 0 Å². The van der Waals surface area contributed by atoms with Crippen molar-refractivity contribution in [3.8, 4) is 11.5 Å². The van der Waals surface area contributed by atoms with Gasteiger partial charge in [-0.2, -0.15) is 5.10 Å². The monoisotopic (exact) mass is 361 g/mol. The highest BCUT2D eigenvalue weighted by Crippen LogP contribution is 2.33. The molecule has 0 bridgehead atoms. The molecule has 0 saturated carbocycles. The van der Waals surface area contributed by atoms with Crippen molar-refractivity contribution in [2.75, 3.05) is 0 Å². The molecule has 0 fully saturated rings. The van der Waals surface area contributed by atoms with Gasteiger partial charge in [0.05, 0.1) is 0 Å². The smallest absolute Gasteiger partial charge is 0.137 e. The molecule has 4 nitrogen and oxygen atoms in total. The predicted octanol–water partition coefficient (Wildman–Crippen LogP) is 5.57. The Morgan fingerprint density at radius 3 is 2.46 bits per heavy atom. The fourth-order valence-corrected chi connectivity index (χ4v) is 2.99. The maximum Gasteiger partial charge on any atom is 0.137 e. The minimum Gasteiger partial charge on any atom is -0.457 e. The first kappa shape index (κ1) is 16.8. The van der Waals surface area contributed by atoms with Crippen LogP contribution in [0.4, 0.5) is 0 Å². The van der Waals surface area contributed by atoms with Crippen LogP contribution in [0.1, 0.15) is 24.8 Å². The zero-order valence-electron chi connectivity index (χ0n) is 13.2. The van der Waals surface area contributed by atoms with Crippen molar-refractivity contribution >= 4 is 23.2 Å². The summed E-state index contributed by atoms with van der Waals surface area (Å²) in [6.07, 6.45) is 4.21. The van der Waals surface area contributed by atoms with E-state index in [2.05, 4.69) is 17.0 Å². The molecule has 3 aromatic rings. The average molecular weight is 362 g/mol. The lowest BCUT2D eigenvalue weighted by Crippen LogP contribution is -2.09. The topological polar surface area (TPSA) is 39.9 Å². The Balaban J connectivity index is 1.76. The van der Waals surface area contributed by atoms with Gasteiger partial charge in [0, 0.05) is 22.5 Å². The van der Waals surface area contributed by atoms with Crippen LogP contribution in [0, 0.1) is 0 Å². The lowest BCUT2D eigenvalue weighted by Gasteiger charge is -2.17. The molecule has 0 aliphatic carbocycles. The van der Waals surface area contributed by atoms with E-state index in [1.54, 1.807) is 18.5 Å². The van der Waals surface area contributed by atoms with Crippen molar-refractivity contribution < 1.29 is 4.74 Å². The van der Waals surface area contributed by atoms with Crippen molar-refractivity contribution in [1.82, 2.24) is 14.8 Å². The van der Waals surface area contributed by atoms with Gasteiger partial charge in [0.1, 0.15) is 24.2 Å². The molecular weight excluding hydrogens is 345 g/mol. The van der Waals surface area contributed by atoms with Gasteiger partial charge in [-0.15, -0.1) is 0 Å². The summed E-state index contributed by atoms with van der Waals surface area (Å²) in [7, 11) is 0. The number of hydrogen-bond acceptors (Lipinski definition) is 3. The quantitative estimate of drug-likeness (QED) is 0.575. The van der Waals surface area contributed by atoms with Gasteiger partial charge >= 0.3 is 0 Å². The van der Waals surface area contributed by atoms with Crippen LogP contribution >= 0.6 is 23.2 Å². The second-order valence-electron chi connectivity index (χ2n) is 5.46. The number of ether oxygens (including phenoxy) is 1. The molecule has 3 rings (SSSR count). The van der Waals surface area contributed by atoms with Crippen LogP contribution in [-0.4, -0.2) is 14.8 Å². The molecule has 0 aliphatic rings. The molecule has 2 aromatic carbocycles. The van der Waals surface area contributed by atoms with Crippen LogP contribution in [0.3, 0.4) is 0 Å². The summed E-state index contributed by atoms with van der Waals surface area (Å²) in [5.74, 6) is 1.68. The molecule has 0 N–H and O–H groups in total. The third-order valence-corrected chi connectivity index (χ3v) is 4.41. The summed E-state index contributed by atoms with van der Waals surface area (Å²) in [5, 5.41) is 5.53. The zero-order chi connectivity index (χ0) is 16.9. The summed E-state index contributed by atoms with van der Waals surface area (Å²) in [4.78, 5) is 3.98. The first-order chi connectivity index (χ1) is 11.7. The van der Waals surface area contributed by atoms with E-state index in [9.17, 15) is 0 Å². The molecule has 1 aromatic heterocycles. The fourth-order valence-electron chi connectivity index (χ4n) is 2.54. The summed E-state index contributed by atoms with van der Waals surface area (Å²) in [6, 6.07) is 13.0. The summed E-state index contributed by atoms with van der Waals surface area (Å²) in [5.41, 5.74) is 1.08. The summed E-state index contributed by atoms with van der Waals surface area (Å²) in [6.45, 7) is 2.88. The molecule has 0 radical (unpaired) electrons. The minimum atomic E-state index is 0.267. The van der Waals surface area contributed by atoms with Crippen molar-refractivity contribution in [1.29, 1.82) is 0 Å². The van der Waals surface area contributed by atoms with E-state index in [0.717, 1.165) is 24.3 Å². The Morgan fingerprint density at radius 1 is 1.08 bits per heavy atom. The number of hydrogen-bond donors (Lipinski definition) is 0. The van der Waals surface area contributed by atoms with Crippen molar-refractivity contribution in [3.05, 3.63) is 70.7 Å². The van der Waals surface area contributed by atoms with Crippen LogP contribution in [0.15, 0.2) is 55.1 Å². The minimum absolute atomic E-state index is 0.267. The van der Waals surface area contributed by atoms with Gasteiger partial charge in [-0.1, -0.05) is 36.2 Å². The van der Waals surface area contributed by atoms with Crippen LogP contribution in [0.5, 0.6) is 11.5 Å². The Morgan fingerprint density at radius 2 is 1.83 bits per heavy atom. The fraction of sp³-hybridized carbons (Fsp3) is 0.222. The van der Waals surface area contributed by atoms with Crippen LogP contribution in [0.2, 0.25) is 10.0 Å². The third kappa shape index (κ3) is 4.08. The Hall–Kier alpha value is -2.04. The Bertz CT molecular complexity index is 789. The highest BCUT2D eigenvalue weighted by molar-refractivity contribution is 6.31. The molecule has 0 saturated heterocycles. The van der Waals surface area contributed by atoms with Crippen molar-refractivity contribution in [3.63, 3.8) is 0 Å². The van der Waals surface area contributed by atoms with E-state index in [0.29, 0.717) is 15.8 Å². The zero-order valence-corrected chi connectivity index (χ0v) is 14.7. The predicted molar refractivity (Wildman–Crippen MR) is 96.0 cm³/mol. The van der Waals surface area contributed by atoms with Crippen LogP contribution < -0.4 is 4.74 Å². The molecule has 1 heterocycles. The van der Waals surface area contributed by atoms with Crippen molar-refractivity contribution in [2.24, 2.45) is 0 Å². The third-order valence-electron chi connectivity index (χ3n) is 3.83. The normalized spacial score (nSPS) is 12.1. The van der Waals surface area contributed by atoms with E-state index >= 15 is 0 Å². The Kier molecular flexibility index (Phi) is 5.38. The van der Waals surface area contributed by atoms with E-state index in [1.807, 2.05) is 35.0 Å². The Labute approximate surface area is 151 Å². The number of rotatable bonds is 6. The maximum absolute atomic E-state index is 6.49. The molecule has 124 valence electrons. The van der Waals surface area contributed by atoms with Crippen molar-refractivity contribution in [2.45, 2.75) is 25.8 Å². The molecule has 24 heavy (non-hydrogen) atoms. The lowest BCUT2D eigenvalue weighted by atomic mass is 9.96. The molecule has 6 heteroatoms. The highest BCUT2D eigenvalue weighted by Gasteiger charge is 2.15. The largest absolute Gasteiger partial charge is 0.457 e. The molecule has 0 spiro atoms. The first-order valence-electron chi connectivity index (χ1n) is 7.71. The number of benzene rings is 2. The SMILES string of the molecule is CCC(Cn1cncn1)c1ccc(Oc2ccc(Cl)cc2)cc1Cl. The lowest BCUT2D eigenvalue weighted by molar-refractivity contribution is 0.480. The molecule has 0 amide bonds. The van der Waals surface area contributed by atoms with E-state index in [4.69, 9.17) is 27.9 Å². The second kappa shape index (κ2) is 7.69. The van der Waals surface area contributed by atoms with E-state index < -0.39 is 0 Å². The van der Waals surface area contributed by atoms with Gasteiger partial charge in [0.2, 0.25) is 0 Å². The highest BCUT2D eigenvalue weighted by atomic mass is 35.5. The average Bonchev–Trinajstić information content (AvgIpc) is 3.08. The molecule has 1 unspecified atom stereocenters. The summed E-state index contributed by atoms with van der Waals surface area (Å²) < 4.78 is 7.64. The van der Waals surface area contributed by atoms with Gasteiger partial charge in [-0.05, 0) is 48.4 Å². The van der Waals surface area contributed by atoms with E-state index in [1.165, 1.54) is 6.33 Å². The summed E-state index contributed by atoms with van der Waals surface area (Å²) >= 11 is 12.4. The molecule has 1 atom stereocenters. The van der Waals surface area contributed by atoms with Gasteiger partial charge < -0.3 is 4.74 Å². The molecular formula is C18H17Cl2N3O.